The molecule has 4 nitrogen and oxygen atoms in total. The van der Waals surface area contributed by atoms with E-state index in [2.05, 4.69) is 6.58 Å². The predicted molar refractivity (Wildman–Crippen MR) is 65.9 cm³/mol. The highest BCUT2D eigenvalue weighted by atomic mass is 16.5. The summed E-state index contributed by atoms with van der Waals surface area (Å²) in [6, 6.07) is 7.00. The molecule has 0 unspecified atom stereocenters. The normalized spacial score (nSPS) is 9.29. The van der Waals surface area contributed by atoms with E-state index in [-0.39, 0.29) is 5.91 Å². The highest BCUT2D eigenvalue weighted by Gasteiger charge is 2.15. The molecule has 0 aliphatic rings. The number of nitriles is 1. The number of amides is 1. The van der Waals surface area contributed by atoms with Crippen LogP contribution in [0.15, 0.2) is 30.4 Å². The van der Waals surface area contributed by atoms with Crippen LogP contribution in [-0.2, 0) is 4.79 Å². The Bertz CT molecular complexity index is 501. The summed E-state index contributed by atoms with van der Waals surface area (Å²) in [5.41, 5.74) is 1.35. The first-order valence-corrected chi connectivity index (χ1v) is 5.03. The van der Waals surface area contributed by atoms with Crippen LogP contribution in [0.2, 0.25) is 0 Å². The Labute approximate surface area is 101 Å². The third-order valence-corrected chi connectivity index (χ3v) is 2.36. The van der Waals surface area contributed by atoms with Crippen molar-refractivity contribution in [1.82, 2.24) is 0 Å². The van der Waals surface area contributed by atoms with Gasteiger partial charge in [0, 0.05) is 18.7 Å². The second-order valence-electron chi connectivity index (χ2n) is 3.64. The average Bonchev–Trinajstić information content (AvgIpc) is 2.35. The van der Waals surface area contributed by atoms with Crippen LogP contribution in [0.4, 0.5) is 5.69 Å². The third-order valence-electron chi connectivity index (χ3n) is 2.36. The van der Waals surface area contributed by atoms with Crippen LogP contribution in [0.5, 0.6) is 5.75 Å². The average molecular weight is 230 g/mol. The number of carbonyl (C=O) groups excluding carboxylic acids is 1. The molecule has 88 valence electrons. The molecule has 0 heterocycles. The Morgan fingerprint density at radius 2 is 2.18 bits per heavy atom. The molecule has 1 rings (SSSR count). The topological polar surface area (TPSA) is 53.3 Å². The Balaban J connectivity index is 3.24. The van der Waals surface area contributed by atoms with Gasteiger partial charge in [0.15, 0.2) is 0 Å². The quantitative estimate of drug-likeness (QED) is 0.747. The van der Waals surface area contributed by atoms with E-state index in [1.807, 2.05) is 6.07 Å². The molecule has 0 saturated heterocycles. The van der Waals surface area contributed by atoms with E-state index in [1.165, 1.54) is 12.0 Å². The van der Waals surface area contributed by atoms with Crippen molar-refractivity contribution in [2.45, 2.75) is 6.92 Å². The van der Waals surface area contributed by atoms with E-state index in [4.69, 9.17) is 10.00 Å². The molecule has 0 N–H and O–H groups in total. The number of ether oxygens (including phenoxy) is 1. The number of methoxy groups -OCH3 is 1. The first-order chi connectivity index (χ1) is 8.01. The van der Waals surface area contributed by atoms with Crippen molar-refractivity contribution in [2.75, 3.05) is 19.1 Å². The van der Waals surface area contributed by atoms with Gasteiger partial charge in [0.05, 0.1) is 18.4 Å². The van der Waals surface area contributed by atoms with Crippen molar-refractivity contribution in [1.29, 1.82) is 5.26 Å². The molecule has 0 aliphatic carbocycles. The van der Waals surface area contributed by atoms with Crippen LogP contribution < -0.4 is 9.64 Å². The molecule has 0 aromatic heterocycles. The number of anilines is 1. The summed E-state index contributed by atoms with van der Waals surface area (Å²) in [6.07, 6.45) is 0. The lowest BCUT2D eigenvalue weighted by Crippen LogP contribution is -2.27. The summed E-state index contributed by atoms with van der Waals surface area (Å²) < 4.78 is 5.07. The maximum absolute atomic E-state index is 11.8. The fourth-order valence-electron chi connectivity index (χ4n) is 1.41. The van der Waals surface area contributed by atoms with Crippen LogP contribution in [0, 0.1) is 11.3 Å². The monoisotopic (exact) mass is 230 g/mol. The summed E-state index contributed by atoms with van der Waals surface area (Å²) in [6.45, 7) is 5.22. The van der Waals surface area contributed by atoms with Crippen LogP contribution in [0.1, 0.15) is 12.5 Å². The molecule has 0 atom stereocenters. The van der Waals surface area contributed by atoms with Crippen molar-refractivity contribution in [3.63, 3.8) is 0 Å². The van der Waals surface area contributed by atoms with Crippen molar-refractivity contribution in [3.8, 4) is 11.8 Å². The SMILES string of the molecule is C=C(C)C(=O)N(C)c1cc(OC)ccc1C#N. The van der Waals surface area contributed by atoms with Crippen LogP contribution in [0.3, 0.4) is 0 Å². The number of benzene rings is 1. The molecule has 1 aromatic carbocycles. The molecule has 0 saturated carbocycles. The van der Waals surface area contributed by atoms with Crippen LogP contribution in [-0.4, -0.2) is 20.1 Å². The Kier molecular flexibility index (Phi) is 3.89. The van der Waals surface area contributed by atoms with Crippen molar-refractivity contribution in [2.24, 2.45) is 0 Å². The van der Waals surface area contributed by atoms with Gasteiger partial charge in [-0.25, -0.2) is 0 Å². The summed E-state index contributed by atoms with van der Waals surface area (Å²) in [7, 11) is 3.14. The van der Waals surface area contributed by atoms with Gasteiger partial charge in [-0.3, -0.25) is 4.79 Å². The van der Waals surface area contributed by atoms with E-state index in [1.54, 1.807) is 32.2 Å². The molecule has 0 fully saturated rings. The summed E-state index contributed by atoms with van der Waals surface area (Å²) in [4.78, 5) is 13.2. The second-order valence-corrected chi connectivity index (χ2v) is 3.64. The van der Waals surface area contributed by atoms with Gasteiger partial charge in [0.1, 0.15) is 11.8 Å². The fourth-order valence-corrected chi connectivity index (χ4v) is 1.41. The standard InChI is InChI=1S/C13H14N2O2/c1-9(2)13(16)15(3)12-7-11(17-4)6-5-10(12)8-14/h5-7H,1H2,2-4H3. The minimum atomic E-state index is -0.227. The molecular formula is C13H14N2O2. The Morgan fingerprint density at radius 3 is 2.65 bits per heavy atom. The zero-order valence-corrected chi connectivity index (χ0v) is 10.2. The van der Waals surface area contributed by atoms with E-state index in [9.17, 15) is 4.79 Å². The van der Waals surface area contributed by atoms with E-state index in [0.29, 0.717) is 22.6 Å². The number of carbonyl (C=O) groups is 1. The lowest BCUT2D eigenvalue weighted by molar-refractivity contribution is -0.114. The highest BCUT2D eigenvalue weighted by molar-refractivity contribution is 6.05. The van der Waals surface area contributed by atoms with Gasteiger partial charge < -0.3 is 9.64 Å². The van der Waals surface area contributed by atoms with Gasteiger partial charge in [-0.15, -0.1) is 0 Å². The summed E-state index contributed by atoms with van der Waals surface area (Å²) in [5, 5.41) is 9.00. The lowest BCUT2D eigenvalue weighted by atomic mass is 10.1. The van der Waals surface area contributed by atoms with Gasteiger partial charge in [-0.1, -0.05) is 6.58 Å². The minimum Gasteiger partial charge on any atom is -0.497 e. The number of likely N-dealkylation sites (N-methyl/N-ethyl adjacent to an activating group) is 1. The second kappa shape index (κ2) is 5.17. The van der Waals surface area contributed by atoms with Gasteiger partial charge in [0.2, 0.25) is 0 Å². The number of rotatable bonds is 3. The number of hydrogen-bond acceptors (Lipinski definition) is 3. The molecule has 1 amide bonds. The summed E-state index contributed by atoms with van der Waals surface area (Å²) in [5.74, 6) is 0.370. The summed E-state index contributed by atoms with van der Waals surface area (Å²) >= 11 is 0. The first-order valence-electron chi connectivity index (χ1n) is 5.03. The Morgan fingerprint density at radius 1 is 1.53 bits per heavy atom. The van der Waals surface area contributed by atoms with Gasteiger partial charge in [-0.05, 0) is 19.1 Å². The molecule has 17 heavy (non-hydrogen) atoms. The molecule has 0 aliphatic heterocycles. The van der Waals surface area contributed by atoms with Gasteiger partial charge in [-0.2, -0.15) is 5.26 Å². The van der Waals surface area contributed by atoms with Gasteiger partial charge >= 0.3 is 0 Å². The van der Waals surface area contributed by atoms with E-state index < -0.39 is 0 Å². The van der Waals surface area contributed by atoms with Crippen molar-refractivity contribution < 1.29 is 9.53 Å². The number of nitrogens with zero attached hydrogens (tertiary/aromatic N) is 2. The highest BCUT2D eigenvalue weighted by Crippen LogP contribution is 2.25. The van der Waals surface area contributed by atoms with E-state index in [0.717, 1.165) is 0 Å². The Hall–Kier alpha value is -2.28. The van der Waals surface area contributed by atoms with Crippen molar-refractivity contribution >= 4 is 11.6 Å². The maximum Gasteiger partial charge on any atom is 0.253 e. The number of hydrogen-bond donors (Lipinski definition) is 0. The molecular weight excluding hydrogens is 216 g/mol. The zero-order chi connectivity index (χ0) is 13.0. The zero-order valence-electron chi connectivity index (χ0n) is 10.2. The predicted octanol–water partition coefficient (Wildman–Crippen LogP) is 2.11. The molecule has 0 radical (unpaired) electrons. The first kappa shape index (κ1) is 12.8. The fraction of sp³-hybridized carbons (Fsp3) is 0.231. The smallest absolute Gasteiger partial charge is 0.253 e. The molecule has 0 spiro atoms. The van der Waals surface area contributed by atoms with Crippen LogP contribution in [0.25, 0.3) is 0 Å². The van der Waals surface area contributed by atoms with Gasteiger partial charge in [0.25, 0.3) is 5.91 Å². The van der Waals surface area contributed by atoms with Crippen LogP contribution >= 0.6 is 0 Å². The third kappa shape index (κ3) is 2.64. The largest absolute Gasteiger partial charge is 0.497 e. The minimum absolute atomic E-state index is 0.227. The maximum atomic E-state index is 11.8. The molecule has 0 bridgehead atoms. The van der Waals surface area contributed by atoms with Crippen molar-refractivity contribution in [3.05, 3.63) is 35.9 Å². The molecule has 1 aromatic rings. The lowest BCUT2D eigenvalue weighted by Gasteiger charge is -2.19. The van der Waals surface area contributed by atoms with E-state index >= 15 is 0 Å². The molecule has 4 heteroatoms.